The molecule has 1 aromatic heterocycles. The van der Waals surface area contributed by atoms with E-state index in [0.717, 1.165) is 30.4 Å². The van der Waals surface area contributed by atoms with E-state index in [4.69, 9.17) is 10.4 Å². The van der Waals surface area contributed by atoms with Crippen molar-refractivity contribution in [3.8, 4) is 11.8 Å². The van der Waals surface area contributed by atoms with Crippen LogP contribution in [-0.2, 0) is 6.32 Å². The average molecular weight is 393 g/mol. The van der Waals surface area contributed by atoms with Gasteiger partial charge in [0, 0.05) is 24.3 Å². The van der Waals surface area contributed by atoms with Crippen molar-refractivity contribution < 1.29 is 14.5 Å². The first-order valence-electron chi connectivity index (χ1n) is 9.94. The molecule has 2 aromatic rings. The Hall–Kier alpha value is -2.99. The number of anilines is 2. The fraction of sp³-hybridized carbons (Fsp3) is 0.450. The Morgan fingerprint density at radius 1 is 1.48 bits per heavy atom. The van der Waals surface area contributed by atoms with Gasteiger partial charge in [-0.2, -0.15) is 10.4 Å². The Bertz CT molecular complexity index is 997. The minimum Gasteiger partial charge on any atom is -0.536 e. The van der Waals surface area contributed by atoms with Crippen LogP contribution in [0.15, 0.2) is 18.3 Å². The molecule has 1 amide bonds. The highest BCUT2D eigenvalue weighted by Gasteiger charge is 2.32. The number of nitrogens with zero attached hydrogens (tertiary/aromatic N) is 3. The molecule has 2 atom stereocenters. The predicted molar refractivity (Wildman–Crippen MR) is 109 cm³/mol. The van der Waals surface area contributed by atoms with Gasteiger partial charge in [0.1, 0.15) is 11.3 Å². The zero-order valence-electron chi connectivity index (χ0n) is 16.6. The van der Waals surface area contributed by atoms with E-state index >= 15 is 0 Å². The molecule has 0 spiro atoms. The third-order valence-electron chi connectivity index (χ3n) is 5.75. The summed E-state index contributed by atoms with van der Waals surface area (Å²) in [6.07, 6.45) is 4.72. The molecule has 150 valence electrons. The summed E-state index contributed by atoms with van der Waals surface area (Å²) in [5, 5.41) is 27.0. The Kier molecular flexibility index (Phi) is 4.97. The summed E-state index contributed by atoms with van der Waals surface area (Å²) in [5.74, 6) is 0.524. The van der Waals surface area contributed by atoms with Crippen LogP contribution in [0.2, 0.25) is 0 Å². The summed E-state index contributed by atoms with van der Waals surface area (Å²) in [6.45, 7) is 4.16. The van der Waals surface area contributed by atoms with Gasteiger partial charge in [-0.3, -0.25) is 9.48 Å². The van der Waals surface area contributed by atoms with Crippen molar-refractivity contribution in [1.29, 1.82) is 5.26 Å². The van der Waals surface area contributed by atoms with Gasteiger partial charge in [-0.1, -0.05) is 13.8 Å². The minimum absolute atomic E-state index is 0.0571. The van der Waals surface area contributed by atoms with Gasteiger partial charge >= 0.3 is 7.12 Å². The highest BCUT2D eigenvalue weighted by molar-refractivity contribution is 6.44. The van der Waals surface area contributed by atoms with Gasteiger partial charge in [0.15, 0.2) is 5.82 Å². The Labute approximate surface area is 169 Å². The number of nitrogens with two attached hydrogens (primary N) is 1. The fourth-order valence-corrected chi connectivity index (χ4v) is 4.32. The molecule has 29 heavy (non-hydrogen) atoms. The first-order chi connectivity index (χ1) is 13.9. The van der Waals surface area contributed by atoms with E-state index in [1.165, 1.54) is 0 Å². The number of benzene rings is 1. The van der Waals surface area contributed by atoms with Gasteiger partial charge in [0.2, 0.25) is 0 Å². The van der Waals surface area contributed by atoms with Gasteiger partial charge in [-0.25, -0.2) is 0 Å². The monoisotopic (exact) mass is 393 g/mol. The SMILES string of the molecule is CC(C)c1cc(Nc2nn([C@@H]3CCC[C@H]3C#N)cc2C(N)=O)cc2c1CB(O)O2. The maximum atomic E-state index is 12.0. The van der Waals surface area contributed by atoms with E-state index in [0.29, 0.717) is 23.6 Å². The standard InChI is InChI=1S/C20H24BN5O3/c1-11(2)14-6-13(7-18-15(14)8-21(28)29-18)24-20-16(19(23)27)10-26(25-20)17-5-3-4-12(17)9-22/h6-7,10-12,17,28H,3-5,8H2,1-2H3,(H2,23,27)(H,24,25)/t12-,17+/m0/s1. The van der Waals surface area contributed by atoms with Crippen LogP contribution in [0.4, 0.5) is 11.5 Å². The van der Waals surface area contributed by atoms with Crippen LogP contribution >= 0.6 is 0 Å². The topological polar surface area (TPSA) is 126 Å². The van der Waals surface area contributed by atoms with Crippen LogP contribution in [0.25, 0.3) is 0 Å². The number of rotatable bonds is 5. The minimum atomic E-state index is -0.844. The number of carbonyl (C=O) groups is 1. The second-order valence-electron chi connectivity index (χ2n) is 8.07. The zero-order chi connectivity index (χ0) is 20.7. The summed E-state index contributed by atoms with van der Waals surface area (Å²) in [4.78, 5) is 12.0. The molecular formula is C20H24BN5O3. The fourth-order valence-electron chi connectivity index (χ4n) is 4.32. The number of aromatic nitrogens is 2. The van der Waals surface area contributed by atoms with Crippen LogP contribution in [0, 0.1) is 17.2 Å². The molecule has 0 radical (unpaired) electrons. The molecule has 0 bridgehead atoms. The first-order valence-corrected chi connectivity index (χ1v) is 9.94. The molecule has 1 fully saturated rings. The molecule has 2 aliphatic rings. The molecule has 1 aromatic carbocycles. The van der Waals surface area contributed by atoms with Gasteiger partial charge in [0.25, 0.3) is 5.91 Å². The highest BCUT2D eigenvalue weighted by Crippen LogP contribution is 2.39. The smallest absolute Gasteiger partial charge is 0.527 e. The van der Waals surface area contributed by atoms with Crippen LogP contribution in [0.3, 0.4) is 0 Å². The Balaban J connectivity index is 1.70. The van der Waals surface area contributed by atoms with Crippen molar-refractivity contribution in [2.75, 3.05) is 5.32 Å². The van der Waals surface area contributed by atoms with E-state index < -0.39 is 13.0 Å². The van der Waals surface area contributed by atoms with E-state index in [1.54, 1.807) is 16.9 Å². The average Bonchev–Trinajstić information content (AvgIpc) is 3.37. The van der Waals surface area contributed by atoms with Gasteiger partial charge in [0.05, 0.1) is 18.0 Å². The van der Waals surface area contributed by atoms with E-state index in [1.807, 2.05) is 6.07 Å². The molecule has 0 saturated heterocycles. The van der Waals surface area contributed by atoms with Crippen LogP contribution in [0.5, 0.6) is 5.75 Å². The maximum absolute atomic E-state index is 12.0. The van der Waals surface area contributed by atoms with Crippen molar-refractivity contribution in [3.05, 3.63) is 35.0 Å². The van der Waals surface area contributed by atoms with Crippen molar-refractivity contribution >= 4 is 24.5 Å². The lowest BCUT2D eigenvalue weighted by molar-refractivity contribution is 0.100. The molecule has 1 aliphatic carbocycles. The largest absolute Gasteiger partial charge is 0.536 e. The van der Waals surface area contributed by atoms with Crippen molar-refractivity contribution in [3.63, 3.8) is 0 Å². The lowest BCUT2D eigenvalue weighted by Gasteiger charge is -2.15. The predicted octanol–water partition coefficient (Wildman–Crippen LogP) is 2.67. The number of amides is 1. The number of hydrogen-bond acceptors (Lipinski definition) is 6. The lowest BCUT2D eigenvalue weighted by atomic mass is 9.81. The zero-order valence-corrected chi connectivity index (χ0v) is 16.6. The van der Waals surface area contributed by atoms with Gasteiger partial charge < -0.3 is 20.7 Å². The summed E-state index contributed by atoms with van der Waals surface area (Å²) in [5.41, 5.74) is 8.64. The summed E-state index contributed by atoms with van der Waals surface area (Å²) >= 11 is 0. The normalized spacial score (nSPS) is 20.4. The van der Waals surface area contributed by atoms with Crippen molar-refractivity contribution in [1.82, 2.24) is 9.78 Å². The molecular weight excluding hydrogens is 369 g/mol. The van der Waals surface area contributed by atoms with Crippen molar-refractivity contribution in [2.24, 2.45) is 11.7 Å². The first kappa shape index (κ1) is 19.3. The number of nitrogens with one attached hydrogen (secondary N) is 1. The number of carbonyl (C=O) groups excluding carboxylic acids is 1. The molecule has 4 rings (SSSR count). The number of hydrogen-bond donors (Lipinski definition) is 3. The summed E-state index contributed by atoms with van der Waals surface area (Å²) in [7, 11) is -0.844. The lowest BCUT2D eigenvalue weighted by Crippen LogP contribution is -2.17. The maximum Gasteiger partial charge on any atom is 0.527 e. The second-order valence-corrected chi connectivity index (χ2v) is 8.07. The number of nitriles is 1. The van der Waals surface area contributed by atoms with E-state index in [2.05, 4.69) is 30.3 Å². The van der Waals surface area contributed by atoms with Crippen molar-refractivity contribution in [2.45, 2.75) is 51.4 Å². The summed E-state index contributed by atoms with van der Waals surface area (Å²) in [6, 6.07) is 6.07. The molecule has 9 heteroatoms. The van der Waals surface area contributed by atoms with Gasteiger partial charge in [-0.05, 0) is 42.4 Å². The Morgan fingerprint density at radius 2 is 2.28 bits per heavy atom. The number of fused-ring (bicyclic) bond motifs is 1. The molecule has 0 unspecified atom stereocenters. The van der Waals surface area contributed by atoms with Crippen LogP contribution in [-0.4, -0.2) is 27.8 Å². The number of primary amides is 1. The van der Waals surface area contributed by atoms with Crippen LogP contribution in [0.1, 0.15) is 66.6 Å². The van der Waals surface area contributed by atoms with E-state index in [9.17, 15) is 15.1 Å². The molecule has 2 heterocycles. The molecule has 4 N–H and O–H groups in total. The molecule has 1 aliphatic heterocycles. The summed E-state index contributed by atoms with van der Waals surface area (Å²) < 4.78 is 7.23. The Morgan fingerprint density at radius 3 is 2.97 bits per heavy atom. The van der Waals surface area contributed by atoms with Crippen LogP contribution < -0.4 is 15.7 Å². The van der Waals surface area contributed by atoms with Gasteiger partial charge in [-0.15, -0.1) is 0 Å². The third kappa shape index (κ3) is 3.56. The second kappa shape index (κ2) is 7.45. The highest BCUT2D eigenvalue weighted by atomic mass is 16.5. The quantitative estimate of drug-likeness (QED) is 0.671. The molecule has 1 saturated carbocycles. The molecule has 8 nitrogen and oxygen atoms in total. The van der Waals surface area contributed by atoms with E-state index in [-0.39, 0.29) is 23.4 Å². The third-order valence-corrected chi connectivity index (χ3v) is 5.75.